The fraction of sp³-hybridized carbons (Fsp3) is 0.143. The summed E-state index contributed by atoms with van der Waals surface area (Å²) in [6, 6.07) is 12.1. The molecule has 80 valence electrons. The zero-order valence-electron chi connectivity index (χ0n) is 8.96. The van der Waals surface area contributed by atoms with E-state index in [0.29, 0.717) is 5.33 Å². The normalized spacial score (nSPS) is 9.62. The summed E-state index contributed by atoms with van der Waals surface area (Å²) in [5.41, 5.74) is 1.04. The average Bonchev–Trinajstić information content (AvgIpc) is 2.36. The SMILES string of the molecule is COc1ccc(C#CCBr)c2ccccc12. The van der Waals surface area contributed by atoms with Crippen molar-refractivity contribution in [3.8, 4) is 17.6 Å². The summed E-state index contributed by atoms with van der Waals surface area (Å²) in [7, 11) is 1.69. The van der Waals surface area contributed by atoms with Crippen molar-refractivity contribution < 1.29 is 4.74 Å². The number of hydrogen-bond donors (Lipinski definition) is 0. The summed E-state index contributed by atoms with van der Waals surface area (Å²) in [5, 5.41) is 2.93. The van der Waals surface area contributed by atoms with E-state index in [1.165, 1.54) is 0 Å². The first-order valence-corrected chi connectivity index (χ1v) is 6.09. The summed E-state index contributed by atoms with van der Waals surface area (Å²) in [5.74, 6) is 7.05. The van der Waals surface area contributed by atoms with Crippen LogP contribution >= 0.6 is 15.9 Å². The van der Waals surface area contributed by atoms with Crippen LogP contribution in [0.1, 0.15) is 5.56 Å². The Balaban J connectivity index is 2.69. The lowest BCUT2D eigenvalue weighted by Gasteiger charge is -2.06. The van der Waals surface area contributed by atoms with Crippen molar-refractivity contribution in [2.24, 2.45) is 0 Å². The molecule has 0 radical (unpaired) electrons. The molecule has 2 heteroatoms. The molecule has 0 aliphatic rings. The standard InChI is InChI=1S/C14H11BrO/c1-16-14-9-8-11(5-4-10-15)12-6-2-3-7-13(12)14/h2-3,6-9H,10H2,1H3. The Morgan fingerprint density at radius 1 is 1.12 bits per heavy atom. The van der Waals surface area contributed by atoms with Gasteiger partial charge in [-0.15, -0.1) is 0 Å². The zero-order chi connectivity index (χ0) is 11.4. The molecule has 16 heavy (non-hydrogen) atoms. The Labute approximate surface area is 104 Å². The van der Waals surface area contributed by atoms with Crippen LogP contribution < -0.4 is 4.74 Å². The van der Waals surface area contributed by atoms with Crippen LogP contribution in [0.4, 0.5) is 0 Å². The van der Waals surface area contributed by atoms with Crippen LogP contribution in [0.15, 0.2) is 36.4 Å². The first-order chi connectivity index (χ1) is 7.86. The number of fused-ring (bicyclic) bond motifs is 1. The van der Waals surface area contributed by atoms with Crippen molar-refractivity contribution in [2.45, 2.75) is 0 Å². The molecule has 0 atom stereocenters. The summed E-state index contributed by atoms with van der Waals surface area (Å²) < 4.78 is 5.33. The number of rotatable bonds is 1. The number of ether oxygens (including phenoxy) is 1. The number of alkyl halides is 1. The molecule has 2 aromatic carbocycles. The molecule has 0 bridgehead atoms. The lowest BCUT2D eigenvalue weighted by Crippen LogP contribution is -1.87. The molecule has 0 aromatic heterocycles. The van der Waals surface area contributed by atoms with Gasteiger partial charge >= 0.3 is 0 Å². The van der Waals surface area contributed by atoms with E-state index in [2.05, 4.69) is 33.8 Å². The second kappa shape index (κ2) is 5.05. The Kier molecular flexibility index (Phi) is 3.48. The Morgan fingerprint density at radius 2 is 1.88 bits per heavy atom. The lowest BCUT2D eigenvalue weighted by atomic mass is 10.0. The maximum absolute atomic E-state index is 5.33. The smallest absolute Gasteiger partial charge is 0.126 e. The fourth-order valence-corrected chi connectivity index (χ4v) is 1.83. The Bertz CT molecular complexity index is 564. The van der Waals surface area contributed by atoms with Gasteiger partial charge in [-0.2, -0.15) is 0 Å². The summed E-state index contributed by atoms with van der Waals surface area (Å²) in [4.78, 5) is 0. The second-order valence-corrected chi connectivity index (χ2v) is 3.86. The van der Waals surface area contributed by atoms with E-state index < -0.39 is 0 Å². The van der Waals surface area contributed by atoms with E-state index >= 15 is 0 Å². The minimum absolute atomic E-state index is 0.688. The van der Waals surface area contributed by atoms with E-state index in [1.807, 2.05) is 30.3 Å². The van der Waals surface area contributed by atoms with Crippen molar-refractivity contribution >= 4 is 26.7 Å². The van der Waals surface area contributed by atoms with Crippen LogP contribution in [0.5, 0.6) is 5.75 Å². The van der Waals surface area contributed by atoms with Crippen molar-refractivity contribution in [1.29, 1.82) is 0 Å². The van der Waals surface area contributed by atoms with Crippen molar-refractivity contribution in [2.75, 3.05) is 12.4 Å². The van der Waals surface area contributed by atoms with E-state index in [9.17, 15) is 0 Å². The van der Waals surface area contributed by atoms with Gasteiger partial charge < -0.3 is 4.74 Å². The summed E-state index contributed by atoms with van der Waals surface area (Å²) in [6.45, 7) is 0. The van der Waals surface area contributed by atoms with Crippen LogP contribution in [0.3, 0.4) is 0 Å². The van der Waals surface area contributed by atoms with Gasteiger partial charge in [0.15, 0.2) is 0 Å². The molecule has 0 saturated heterocycles. The molecule has 0 aliphatic carbocycles. The van der Waals surface area contributed by atoms with Gasteiger partial charge in [0.25, 0.3) is 0 Å². The molecule has 2 rings (SSSR count). The lowest BCUT2D eigenvalue weighted by molar-refractivity contribution is 0.420. The second-order valence-electron chi connectivity index (χ2n) is 3.30. The van der Waals surface area contributed by atoms with Crippen molar-refractivity contribution in [3.05, 3.63) is 42.0 Å². The van der Waals surface area contributed by atoms with Gasteiger partial charge in [0, 0.05) is 16.3 Å². The van der Waals surface area contributed by atoms with E-state index in [1.54, 1.807) is 7.11 Å². The van der Waals surface area contributed by atoms with Gasteiger partial charge in [0.1, 0.15) is 5.75 Å². The average molecular weight is 275 g/mol. The van der Waals surface area contributed by atoms with Crippen LogP contribution in [-0.2, 0) is 0 Å². The third kappa shape index (κ3) is 2.05. The van der Waals surface area contributed by atoms with Crippen molar-refractivity contribution in [3.63, 3.8) is 0 Å². The van der Waals surface area contributed by atoms with Gasteiger partial charge in [-0.1, -0.05) is 52.0 Å². The monoisotopic (exact) mass is 274 g/mol. The molecule has 0 heterocycles. The molecule has 0 fully saturated rings. The molecule has 2 aromatic rings. The van der Waals surface area contributed by atoms with Gasteiger partial charge in [0.05, 0.1) is 12.4 Å². The molecule has 0 saturated carbocycles. The maximum Gasteiger partial charge on any atom is 0.126 e. The van der Waals surface area contributed by atoms with Crippen LogP contribution in [-0.4, -0.2) is 12.4 Å². The number of hydrogen-bond acceptors (Lipinski definition) is 1. The van der Waals surface area contributed by atoms with Crippen LogP contribution in [0.2, 0.25) is 0 Å². The molecule has 0 amide bonds. The molecule has 0 N–H and O–H groups in total. The topological polar surface area (TPSA) is 9.23 Å². The van der Waals surface area contributed by atoms with E-state index in [-0.39, 0.29) is 0 Å². The van der Waals surface area contributed by atoms with Gasteiger partial charge in [0.2, 0.25) is 0 Å². The number of halogens is 1. The highest BCUT2D eigenvalue weighted by atomic mass is 79.9. The van der Waals surface area contributed by atoms with E-state index in [4.69, 9.17) is 4.74 Å². The number of benzene rings is 2. The molecule has 0 unspecified atom stereocenters. The third-order valence-electron chi connectivity index (χ3n) is 2.39. The summed E-state index contributed by atoms with van der Waals surface area (Å²) in [6.07, 6.45) is 0. The van der Waals surface area contributed by atoms with Gasteiger partial charge in [-0.05, 0) is 12.1 Å². The minimum atomic E-state index is 0.688. The molecule has 1 nitrogen and oxygen atoms in total. The first-order valence-electron chi connectivity index (χ1n) is 4.97. The largest absolute Gasteiger partial charge is 0.496 e. The molecular weight excluding hydrogens is 264 g/mol. The van der Waals surface area contributed by atoms with Crippen molar-refractivity contribution in [1.82, 2.24) is 0 Å². The van der Waals surface area contributed by atoms with E-state index in [0.717, 1.165) is 22.1 Å². The Morgan fingerprint density at radius 3 is 2.56 bits per heavy atom. The fourth-order valence-electron chi connectivity index (χ4n) is 1.69. The highest BCUT2D eigenvalue weighted by Crippen LogP contribution is 2.27. The highest BCUT2D eigenvalue weighted by molar-refractivity contribution is 9.09. The minimum Gasteiger partial charge on any atom is -0.496 e. The van der Waals surface area contributed by atoms with Crippen LogP contribution in [0.25, 0.3) is 10.8 Å². The molecule has 0 aliphatic heterocycles. The zero-order valence-corrected chi connectivity index (χ0v) is 10.5. The predicted molar refractivity (Wildman–Crippen MR) is 71.2 cm³/mol. The van der Waals surface area contributed by atoms with Gasteiger partial charge in [-0.3, -0.25) is 0 Å². The third-order valence-corrected chi connectivity index (χ3v) is 2.67. The molecular formula is C14H11BrO. The quantitative estimate of drug-likeness (QED) is 0.571. The maximum atomic E-state index is 5.33. The van der Waals surface area contributed by atoms with Gasteiger partial charge in [-0.25, -0.2) is 0 Å². The highest BCUT2D eigenvalue weighted by Gasteiger charge is 2.03. The number of methoxy groups -OCH3 is 1. The summed E-state index contributed by atoms with van der Waals surface area (Å²) >= 11 is 3.30. The predicted octanol–water partition coefficient (Wildman–Crippen LogP) is 3.59. The first kappa shape index (κ1) is 11.0. The molecule has 0 spiro atoms. The Hall–Kier alpha value is -1.46. The van der Waals surface area contributed by atoms with Crippen LogP contribution in [0, 0.1) is 11.8 Å².